The van der Waals surface area contributed by atoms with Crippen LogP contribution in [-0.4, -0.2) is 11.8 Å². The lowest BCUT2D eigenvalue weighted by Crippen LogP contribution is -2.08. The van der Waals surface area contributed by atoms with Crippen LogP contribution in [0.25, 0.3) is 0 Å². The van der Waals surface area contributed by atoms with Crippen LogP contribution in [0.2, 0.25) is 0 Å². The van der Waals surface area contributed by atoms with Gasteiger partial charge in [0.15, 0.2) is 5.17 Å². The number of benzene rings is 1. The fourth-order valence-electron chi connectivity index (χ4n) is 1.97. The maximum absolute atomic E-state index is 5.76. The van der Waals surface area contributed by atoms with Crippen LogP contribution < -0.4 is 15.9 Å². The average molecular weight is 293 g/mol. The van der Waals surface area contributed by atoms with Crippen molar-refractivity contribution in [3.63, 3.8) is 0 Å². The zero-order valence-electron chi connectivity index (χ0n) is 12.3. The number of hydrazone groups is 1. The summed E-state index contributed by atoms with van der Waals surface area (Å²) >= 11 is 1.52. The third-order valence-electron chi connectivity index (χ3n) is 3.05. The van der Waals surface area contributed by atoms with Gasteiger partial charge in [0.2, 0.25) is 0 Å². The van der Waals surface area contributed by atoms with Crippen molar-refractivity contribution in [1.82, 2.24) is 5.43 Å². The van der Waals surface area contributed by atoms with Crippen molar-refractivity contribution < 1.29 is 4.74 Å². The van der Waals surface area contributed by atoms with Crippen molar-refractivity contribution in [3.05, 3.63) is 29.8 Å². The number of amidine groups is 1. The van der Waals surface area contributed by atoms with Gasteiger partial charge < -0.3 is 10.5 Å². The number of nitrogens with two attached hydrogens (primary N) is 1. The molecule has 0 aromatic heterocycles. The average Bonchev–Trinajstić information content (AvgIpc) is 2.81. The first-order valence-corrected chi connectivity index (χ1v) is 7.80. The molecule has 4 nitrogen and oxygen atoms in total. The summed E-state index contributed by atoms with van der Waals surface area (Å²) in [5, 5.41) is 4.67. The number of hydrogen-bond acceptors (Lipinski definition) is 5. The first-order chi connectivity index (χ1) is 9.44. The molecular weight excluding hydrogens is 270 g/mol. The van der Waals surface area contributed by atoms with Crippen molar-refractivity contribution >= 4 is 16.9 Å². The van der Waals surface area contributed by atoms with E-state index in [1.165, 1.54) is 18.2 Å². The molecule has 110 valence electrons. The predicted molar refractivity (Wildman–Crippen MR) is 85.7 cm³/mol. The van der Waals surface area contributed by atoms with Crippen LogP contribution in [0.5, 0.6) is 5.75 Å². The SMILES string of the molecule is CC(C)(C)CCCOc1ccc(C2NN=C(N)S2)cc1. The lowest BCUT2D eigenvalue weighted by Gasteiger charge is -2.17. The van der Waals surface area contributed by atoms with Crippen molar-refractivity contribution in [1.29, 1.82) is 0 Å². The van der Waals surface area contributed by atoms with Crippen LogP contribution in [0.3, 0.4) is 0 Å². The smallest absolute Gasteiger partial charge is 0.180 e. The molecule has 20 heavy (non-hydrogen) atoms. The van der Waals surface area contributed by atoms with Gasteiger partial charge in [0.05, 0.1) is 6.61 Å². The van der Waals surface area contributed by atoms with Gasteiger partial charge in [-0.05, 0) is 36.0 Å². The third kappa shape index (κ3) is 4.63. The highest BCUT2D eigenvalue weighted by Crippen LogP contribution is 2.30. The summed E-state index contributed by atoms with van der Waals surface area (Å²) in [6.07, 6.45) is 2.25. The lowest BCUT2D eigenvalue weighted by molar-refractivity contribution is 0.269. The molecule has 5 heteroatoms. The minimum absolute atomic E-state index is 0.116. The number of nitrogens with zero attached hydrogens (tertiary/aromatic N) is 1. The molecule has 0 amide bonds. The van der Waals surface area contributed by atoms with E-state index in [0.717, 1.165) is 24.3 Å². The van der Waals surface area contributed by atoms with E-state index in [2.05, 4.69) is 43.4 Å². The van der Waals surface area contributed by atoms with E-state index in [1.807, 2.05) is 12.1 Å². The fraction of sp³-hybridized carbons (Fsp3) is 0.533. The predicted octanol–water partition coefficient (Wildman–Crippen LogP) is 3.46. The lowest BCUT2D eigenvalue weighted by atomic mass is 9.91. The quantitative estimate of drug-likeness (QED) is 0.816. The minimum atomic E-state index is 0.116. The second-order valence-corrected chi connectivity index (χ2v) is 7.28. The molecule has 1 atom stereocenters. The van der Waals surface area contributed by atoms with Crippen molar-refractivity contribution in [2.75, 3.05) is 6.61 Å². The third-order valence-corrected chi connectivity index (χ3v) is 4.00. The molecule has 0 saturated heterocycles. The highest BCUT2D eigenvalue weighted by Gasteiger charge is 2.18. The molecular formula is C15H23N3OS. The molecule has 1 aliphatic rings. The van der Waals surface area contributed by atoms with Crippen molar-refractivity contribution in [3.8, 4) is 5.75 Å². The van der Waals surface area contributed by atoms with Gasteiger partial charge in [-0.1, -0.05) is 44.7 Å². The van der Waals surface area contributed by atoms with E-state index < -0.39 is 0 Å². The molecule has 0 spiro atoms. The summed E-state index contributed by atoms with van der Waals surface area (Å²) in [4.78, 5) is 0. The molecule has 2 rings (SSSR count). The first-order valence-electron chi connectivity index (χ1n) is 6.92. The van der Waals surface area contributed by atoms with Crippen LogP contribution in [0, 0.1) is 5.41 Å². The summed E-state index contributed by atoms with van der Waals surface area (Å²) in [7, 11) is 0. The summed E-state index contributed by atoms with van der Waals surface area (Å²) in [5.74, 6) is 0.916. The first kappa shape index (κ1) is 15.0. The topological polar surface area (TPSA) is 59.6 Å². The molecule has 0 aliphatic carbocycles. The summed E-state index contributed by atoms with van der Waals surface area (Å²) in [6, 6.07) is 8.11. The van der Waals surface area contributed by atoms with E-state index in [0.29, 0.717) is 10.6 Å². The Hall–Kier alpha value is -1.36. The molecule has 1 aliphatic heterocycles. The molecule has 0 saturated carbocycles. The molecule has 0 bridgehead atoms. The zero-order valence-corrected chi connectivity index (χ0v) is 13.2. The normalized spacial score (nSPS) is 18.6. The van der Waals surface area contributed by atoms with Gasteiger partial charge in [0.25, 0.3) is 0 Å². The Kier molecular flexibility index (Phi) is 4.81. The van der Waals surface area contributed by atoms with Gasteiger partial charge in [-0.2, -0.15) is 5.10 Å². The molecule has 3 N–H and O–H groups in total. The number of rotatable bonds is 5. The number of nitrogens with one attached hydrogen (secondary N) is 1. The van der Waals surface area contributed by atoms with Gasteiger partial charge in [0, 0.05) is 0 Å². The van der Waals surface area contributed by atoms with E-state index in [9.17, 15) is 0 Å². The Bertz CT molecular complexity index is 465. The fourth-order valence-corrected chi connectivity index (χ4v) is 2.72. The van der Waals surface area contributed by atoms with Crippen LogP contribution >= 0.6 is 11.8 Å². The Labute approximate surface area is 125 Å². The van der Waals surface area contributed by atoms with Crippen LogP contribution in [-0.2, 0) is 0 Å². The Morgan fingerprint density at radius 2 is 2.00 bits per heavy atom. The van der Waals surface area contributed by atoms with Crippen LogP contribution in [0.1, 0.15) is 44.6 Å². The number of thioether (sulfide) groups is 1. The maximum Gasteiger partial charge on any atom is 0.180 e. The molecule has 1 aromatic carbocycles. The molecule has 0 fully saturated rings. The summed E-state index contributed by atoms with van der Waals surface area (Å²) in [6.45, 7) is 7.52. The molecule has 1 aromatic rings. The summed E-state index contributed by atoms with van der Waals surface area (Å²) < 4.78 is 5.76. The van der Waals surface area contributed by atoms with E-state index in [1.54, 1.807) is 0 Å². The number of ether oxygens (including phenoxy) is 1. The molecule has 1 unspecified atom stereocenters. The highest BCUT2D eigenvalue weighted by molar-refractivity contribution is 8.14. The Morgan fingerprint density at radius 3 is 2.55 bits per heavy atom. The second kappa shape index (κ2) is 6.39. The zero-order chi connectivity index (χ0) is 14.6. The Balaban J connectivity index is 1.77. The largest absolute Gasteiger partial charge is 0.494 e. The monoisotopic (exact) mass is 293 g/mol. The molecule has 1 heterocycles. The van der Waals surface area contributed by atoms with Crippen molar-refractivity contribution in [2.24, 2.45) is 16.3 Å². The Morgan fingerprint density at radius 1 is 1.30 bits per heavy atom. The van der Waals surface area contributed by atoms with Crippen LogP contribution in [0.15, 0.2) is 29.4 Å². The van der Waals surface area contributed by atoms with Gasteiger partial charge in [-0.25, -0.2) is 0 Å². The van der Waals surface area contributed by atoms with E-state index in [-0.39, 0.29) is 5.37 Å². The standard InChI is InChI=1S/C15H23N3OS/c1-15(2,3)9-4-10-19-12-7-5-11(6-8-12)13-17-18-14(16)20-13/h5-8,13,17H,4,9-10H2,1-3H3,(H2,16,18). The van der Waals surface area contributed by atoms with Gasteiger partial charge in [-0.3, -0.25) is 5.43 Å². The van der Waals surface area contributed by atoms with Gasteiger partial charge in [0.1, 0.15) is 11.1 Å². The maximum atomic E-state index is 5.76. The second-order valence-electron chi connectivity index (χ2n) is 6.16. The highest BCUT2D eigenvalue weighted by atomic mass is 32.2. The minimum Gasteiger partial charge on any atom is -0.494 e. The molecule has 0 radical (unpaired) electrons. The van der Waals surface area contributed by atoms with Crippen LogP contribution in [0.4, 0.5) is 0 Å². The summed E-state index contributed by atoms with van der Waals surface area (Å²) in [5.41, 5.74) is 10.2. The van der Waals surface area contributed by atoms with E-state index >= 15 is 0 Å². The van der Waals surface area contributed by atoms with Gasteiger partial charge in [-0.15, -0.1) is 0 Å². The van der Waals surface area contributed by atoms with Gasteiger partial charge >= 0.3 is 0 Å². The van der Waals surface area contributed by atoms with Crippen molar-refractivity contribution in [2.45, 2.75) is 39.0 Å². The van der Waals surface area contributed by atoms with E-state index in [4.69, 9.17) is 10.5 Å². The number of hydrogen-bond donors (Lipinski definition) is 2.